The molecule has 0 aliphatic heterocycles. The minimum absolute atomic E-state index is 0.308. The molecule has 0 aliphatic rings. The van der Waals surface area contributed by atoms with E-state index in [2.05, 4.69) is 19.2 Å². The maximum Gasteiger partial charge on any atom is 0.249 e. The summed E-state index contributed by atoms with van der Waals surface area (Å²) < 4.78 is 0. The predicted octanol–water partition coefficient (Wildman–Crippen LogP) is 12.7. The maximum atomic E-state index is 12.5. The second-order valence-electron chi connectivity index (χ2n) is 15.6. The molecule has 0 spiro atoms. The van der Waals surface area contributed by atoms with Gasteiger partial charge in [-0.05, 0) is 12.8 Å². The van der Waals surface area contributed by atoms with Crippen molar-refractivity contribution >= 4 is 5.91 Å². The average Bonchev–Trinajstić information content (AvgIpc) is 3.11. The van der Waals surface area contributed by atoms with E-state index in [0.29, 0.717) is 12.8 Å². The van der Waals surface area contributed by atoms with Crippen LogP contribution >= 0.6 is 0 Å². The van der Waals surface area contributed by atoms with Gasteiger partial charge in [0.25, 0.3) is 0 Å². The summed E-state index contributed by atoms with van der Waals surface area (Å²) in [5.41, 5.74) is 0. The molecule has 0 rings (SSSR count). The third-order valence-corrected chi connectivity index (χ3v) is 10.7. The lowest BCUT2D eigenvalue weighted by atomic mass is 10.0. The number of aliphatic hydroxyl groups is 3. The van der Waals surface area contributed by atoms with Crippen LogP contribution in [0.2, 0.25) is 0 Å². The van der Waals surface area contributed by atoms with E-state index in [4.69, 9.17) is 0 Å². The van der Waals surface area contributed by atoms with Gasteiger partial charge in [0.05, 0.1) is 18.8 Å². The zero-order chi connectivity index (χ0) is 35.9. The van der Waals surface area contributed by atoms with Crippen molar-refractivity contribution in [2.75, 3.05) is 6.61 Å². The number of rotatable bonds is 41. The molecule has 0 saturated carbocycles. The van der Waals surface area contributed by atoms with Gasteiger partial charge in [-0.2, -0.15) is 0 Å². The Labute approximate surface area is 307 Å². The van der Waals surface area contributed by atoms with Crippen LogP contribution in [-0.2, 0) is 4.79 Å². The second kappa shape index (κ2) is 40.1. The lowest BCUT2D eigenvalue weighted by Gasteiger charge is -2.23. The summed E-state index contributed by atoms with van der Waals surface area (Å²) in [6.45, 7) is 4.24. The van der Waals surface area contributed by atoms with Crippen LogP contribution in [0, 0.1) is 0 Å². The van der Waals surface area contributed by atoms with E-state index in [-0.39, 0.29) is 6.61 Å². The van der Waals surface area contributed by atoms with Gasteiger partial charge in [0.1, 0.15) is 6.10 Å². The van der Waals surface area contributed by atoms with Gasteiger partial charge in [-0.3, -0.25) is 4.79 Å². The molecule has 0 fully saturated rings. The van der Waals surface area contributed by atoms with E-state index < -0.39 is 24.2 Å². The van der Waals surface area contributed by atoms with Crippen molar-refractivity contribution in [1.29, 1.82) is 0 Å². The van der Waals surface area contributed by atoms with Gasteiger partial charge in [-0.15, -0.1) is 0 Å². The number of hydrogen-bond acceptors (Lipinski definition) is 4. The summed E-state index contributed by atoms with van der Waals surface area (Å²) >= 11 is 0. The first kappa shape index (κ1) is 48.3. The van der Waals surface area contributed by atoms with Crippen molar-refractivity contribution in [3.8, 4) is 0 Å². The van der Waals surface area contributed by atoms with E-state index in [1.54, 1.807) is 0 Å². The average molecular weight is 696 g/mol. The molecule has 0 aliphatic carbocycles. The Bertz CT molecular complexity index is 644. The number of unbranched alkanes of at least 4 members (excludes halogenated alkanes) is 33. The molecule has 3 atom stereocenters. The van der Waals surface area contributed by atoms with E-state index in [1.165, 1.54) is 193 Å². The molecule has 5 heteroatoms. The van der Waals surface area contributed by atoms with Gasteiger partial charge in [0, 0.05) is 0 Å². The van der Waals surface area contributed by atoms with Crippen molar-refractivity contribution in [2.24, 2.45) is 0 Å². The molecule has 0 heterocycles. The molecule has 4 N–H and O–H groups in total. The number of aliphatic hydroxyl groups excluding tert-OH is 3. The first-order valence-corrected chi connectivity index (χ1v) is 22.3. The highest BCUT2D eigenvalue weighted by Crippen LogP contribution is 2.17. The molecule has 0 aromatic heterocycles. The second-order valence-corrected chi connectivity index (χ2v) is 15.6. The number of hydrogen-bond donors (Lipinski definition) is 4. The highest BCUT2D eigenvalue weighted by Gasteiger charge is 2.23. The van der Waals surface area contributed by atoms with Gasteiger partial charge < -0.3 is 20.6 Å². The Morgan fingerprint density at radius 2 is 0.653 bits per heavy atom. The van der Waals surface area contributed by atoms with Crippen LogP contribution in [-0.4, -0.2) is 46.1 Å². The van der Waals surface area contributed by atoms with E-state index in [9.17, 15) is 20.1 Å². The fraction of sp³-hybridized carbons (Fsp3) is 0.977. The standard InChI is InChI=1S/C44H89NO4/c1-3-5-7-9-11-13-15-16-17-18-19-20-21-22-23-24-25-26-27-29-31-33-35-37-39-43(48)44(49)45-41(40-46)42(47)38-36-34-32-30-28-14-12-10-8-6-4-2/h41-43,46-48H,3-40H2,1-2H3,(H,45,49). The molecule has 5 nitrogen and oxygen atoms in total. The predicted molar refractivity (Wildman–Crippen MR) is 213 cm³/mol. The largest absolute Gasteiger partial charge is 0.394 e. The first-order chi connectivity index (χ1) is 24.1. The van der Waals surface area contributed by atoms with Gasteiger partial charge >= 0.3 is 0 Å². The molecule has 294 valence electrons. The van der Waals surface area contributed by atoms with Crippen molar-refractivity contribution in [3.63, 3.8) is 0 Å². The van der Waals surface area contributed by atoms with Gasteiger partial charge in [-0.25, -0.2) is 0 Å². The Morgan fingerprint density at radius 1 is 0.408 bits per heavy atom. The molecule has 0 aromatic rings. The van der Waals surface area contributed by atoms with Gasteiger partial charge in [-0.1, -0.05) is 239 Å². The zero-order valence-corrected chi connectivity index (χ0v) is 33.4. The summed E-state index contributed by atoms with van der Waals surface area (Å²) in [6, 6.07) is -0.704. The van der Waals surface area contributed by atoms with Crippen LogP contribution in [0.1, 0.15) is 251 Å². The zero-order valence-electron chi connectivity index (χ0n) is 33.4. The number of carbonyl (C=O) groups is 1. The summed E-state index contributed by atoms with van der Waals surface area (Å²) in [6.07, 6.45) is 45.4. The fourth-order valence-electron chi connectivity index (χ4n) is 7.19. The van der Waals surface area contributed by atoms with Crippen LogP contribution in [0.25, 0.3) is 0 Å². The van der Waals surface area contributed by atoms with Crippen LogP contribution in [0.15, 0.2) is 0 Å². The molecule has 0 radical (unpaired) electrons. The van der Waals surface area contributed by atoms with Crippen molar-refractivity contribution in [1.82, 2.24) is 5.32 Å². The summed E-state index contributed by atoms with van der Waals surface area (Å²) in [5, 5.41) is 33.2. The van der Waals surface area contributed by atoms with E-state index in [1.807, 2.05) is 0 Å². The van der Waals surface area contributed by atoms with E-state index in [0.717, 1.165) is 32.1 Å². The Kier molecular flexibility index (Phi) is 39.6. The number of carbonyl (C=O) groups excluding carboxylic acids is 1. The van der Waals surface area contributed by atoms with Crippen LogP contribution in [0.4, 0.5) is 0 Å². The van der Waals surface area contributed by atoms with Crippen LogP contribution in [0.3, 0.4) is 0 Å². The van der Waals surface area contributed by atoms with Gasteiger partial charge in [0.15, 0.2) is 0 Å². The lowest BCUT2D eigenvalue weighted by Crippen LogP contribution is -2.49. The molecular formula is C44H89NO4. The third-order valence-electron chi connectivity index (χ3n) is 10.7. The van der Waals surface area contributed by atoms with Crippen molar-refractivity contribution < 1.29 is 20.1 Å². The van der Waals surface area contributed by atoms with E-state index >= 15 is 0 Å². The Balaban J connectivity index is 3.51. The molecular weight excluding hydrogens is 606 g/mol. The molecule has 1 amide bonds. The molecule has 3 unspecified atom stereocenters. The van der Waals surface area contributed by atoms with Crippen LogP contribution < -0.4 is 5.32 Å². The number of nitrogens with one attached hydrogen (secondary N) is 1. The fourth-order valence-corrected chi connectivity index (χ4v) is 7.19. The summed E-state index contributed by atoms with van der Waals surface area (Å²) in [7, 11) is 0. The maximum absolute atomic E-state index is 12.5. The quantitative estimate of drug-likeness (QED) is 0.0479. The Morgan fingerprint density at radius 3 is 0.918 bits per heavy atom. The minimum atomic E-state index is -1.07. The van der Waals surface area contributed by atoms with Gasteiger partial charge in [0.2, 0.25) is 5.91 Å². The summed E-state index contributed by atoms with van der Waals surface area (Å²) in [5.74, 6) is -0.467. The first-order valence-electron chi connectivity index (χ1n) is 22.3. The topological polar surface area (TPSA) is 89.8 Å². The van der Waals surface area contributed by atoms with Crippen molar-refractivity contribution in [3.05, 3.63) is 0 Å². The minimum Gasteiger partial charge on any atom is -0.394 e. The normalized spacial score (nSPS) is 13.5. The molecule has 49 heavy (non-hydrogen) atoms. The SMILES string of the molecule is CCCCCCCCCCCCCCCCCCCCCCCCCCC(O)C(=O)NC(CO)C(O)CCCCCCCCCCCCC. The monoisotopic (exact) mass is 696 g/mol. The smallest absolute Gasteiger partial charge is 0.249 e. The molecule has 0 aromatic carbocycles. The molecule has 0 bridgehead atoms. The lowest BCUT2D eigenvalue weighted by molar-refractivity contribution is -0.131. The van der Waals surface area contributed by atoms with Crippen LogP contribution in [0.5, 0.6) is 0 Å². The number of amides is 1. The molecule has 0 saturated heterocycles. The Hall–Kier alpha value is -0.650. The highest BCUT2D eigenvalue weighted by atomic mass is 16.3. The third kappa shape index (κ3) is 35.5. The summed E-state index contributed by atoms with van der Waals surface area (Å²) in [4.78, 5) is 12.5. The van der Waals surface area contributed by atoms with Crippen molar-refractivity contribution in [2.45, 2.75) is 270 Å². The highest BCUT2D eigenvalue weighted by molar-refractivity contribution is 5.80.